The number of halogens is 1. The first-order valence-electron chi connectivity index (χ1n) is 5.56. The standard InChI is InChI=1S/C13H9ClN2O4/c1-8(17)9-4-5-15-13(6-9)20-12-3-2-10(16(18)19)7-11(12)14/h2-7H,1H3. The second-order valence-corrected chi connectivity index (χ2v) is 4.32. The van der Waals surface area contributed by atoms with Crippen molar-refractivity contribution >= 4 is 23.1 Å². The third-order valence-corrected chi connectivity index (χ3v) is 2.78. The first-order chi connectivity index (χ1) is 9.47. The highest BCUT2D eigenvalue weighted by atomic mass is 35.5. The average Bonchev–Trinajstić information content (AvgIpc) is 2.41. The monoisotopic (exact) mass is 292 g/mol. The van der Waals surface area contributed by atoms with Crippen molar-refractivity contribution < 1.29 is 14.5 Å². The molecule has 0 radical (unpaired) electrons. The van der Waals surface area contributed by atoms with Gasteiger partial charge < -0.3 is 4.74 Å². The van der Waals surface area contributed by atoms with Gasteiger partial charge in [0.05, 0.1) is 9.95 Å². The van der Waals surface area contributed by atoms with Crippen LogP contribution in [0.4, 0.5) is 5.69 Å². The molecule has 0 saturated carbocycles. The molecule has 0 bridgehead atoms. The van der Waals surface area contributed by atoms with Gasteiger partial charge in [-0.3, -0.25) is 14.9 Å². The maximum atomic E-state index is 11.3. The minimum Gasteiger partial charge on any atom is -0.437 e. The van der Waals surface area contributed by atoms with E-state index in [0.717, 1.165) is 0 Å². The molecule has 0 unspecified atom stereocenters. The Morgan fingerprint density at radius 3 is 2.70 bits per heavy atom. The summed E-state index contributed by atoms with van der Waals surface area (Å²) < 4.78 is 5.42. The van der Waals surface area contributed by atoms with Gasteiger partial charge in [-0.05, 0) is 19.1 Å². The molecule has 2 rings (SSSR count). The van der Waals surface area contributed by atoms with E-state index in [1.807, 2.05) is 0 Å². The van der Waals surface area contributed by atoms with Gasteiger partial charge in [-0.25, -0.2) is 4.98 Å². The molecule has 6 nitrogen and oxygen atoms in total. The first kappa shape index (κ1) is 14.0. The van der Waals surface area contributed by atoms with Crippen molar-refractivity contribution in [3.63, 3.8) is 0 Å². The lowest BCUT2D eigenvalue weighted by Crippen LogP contribution is -1.95. The maximum Gasteiger partial charge on any atom is 0.271 e. The molecule has 0 aliphatic carbocycles. The Kier molecular flexibility index (Phi) is 3.95. The van der Waals surface area contributed by atoms with E-state index in [-0.39, 0.29) is 28.1 Å². The SMILES string of the molecule is CC(=O)c1ccnc(Oc2ccc([N+](=O)[O-])cc2Cl)c1. The largest absolute Gasteiger partial charge is 0.437 e. The number of Topliss-reactive ketones (excluding diaryl/α,β-unsaturated/α-hetero) is 1. The van der Waals surface area contributed by atoms with Gasteiger partial charge in [-0.15, -0.1) is 0 Å². The Balaban J connectivity index is 2.28. The van der Waals surface area contributed by atoms with E-state index in [4.69, 9.17) is 16.3 Å². The van der Waals surface area contributed by atoms with E-state index < -0.39 is 4.92 Å². The van der Waals surface area contributed by atoms with Gasteiger partial charge in [0.25, 0.3) is 5.69 Å². The van der Waals surface area contributed by atoms with E-state index in [1.54, 1.807) is 6.07 Å². The fourth-order valence-electron chi connectivity index (χ4n) is 1.48. The van der Waals surface area contributed by atoms with E-state index in [9.17, 15) is 14.9 Å². The Morgan fingerprint density at radius 1 is 1.35 bits per heavy atom. The Morgan fingerprint density at radius 2 is 2.10 bits per heavy atom. The number of carbonyl (C=O) groups excluding carboxylic acids is 1. The normalized spacial score (nSPS) is 10.1. The molecule has 0 spiro atoms. The zero-order chi connectivity index (χ0) is 14.7. The predicted octanol–water partition coefficient (Wildman–Crippen LogP) is 3.64. The summed E-state index contributed by atoms with van der Waals surface area (Å²) in [6, 6.07) is 6.87. The van der Waals surface area contributed by atoms with Crippen LogP contribution >= 0.6 is 11.6 Å². The van der Waals surface area contributed by atoms with Crippen LogP contribution in [0.1, 0.15) is 17.3 Å². The van der Waals surface area contributed by atoms with Gasteiger partial charge in [-0.2, -0.15) is 0 Å². The van der Waals surface area contributed by atoms with Crippen molar-refractivity contribution in [2.75, 3.05) is 0 Å². The fourth-order valence-corrected chi connectivity index (χ4v) is 1.70. The number of non-ortho nitro benzene ring substituents is 1. The summed E-state index contributed by atoms with van der Waals surface area (Å²) in [4.78, 5) is 25.2. The smallest absolute Gasteiger partial charge is 0.271 e. The van der Waals surface area contributed by atoms with Crippen molar-refractivity contribution in [3.05, 3.63) is 57.2 Å². The molecule has 7 heteroatoms. The molecule has 0 saturated heterocycles. The Labute approximate surface area is 119 Å². The highest BCUT2D eigenvalue weighted by Gasteiger charge is 2.12. The van der Waals surface area contributed by atoms with Crippen LogP contribution in [0.3, 0.4) is 0 Å². The summed E-state index contributed by atoms with van der Waals surface area (Å²) in [6.45, 7) is 1.43. The van der Waals surface area contributed by atoms with Crippen LogP contribution < -0.4 is 4.74 Å². The molecule has 1 aromatic carbocycles. The van der Waals surface area contributed by atoms with Gasteiger partial charge in [0.2, 0.25) is 5.88 Å². The quantitative estimate of drug-likeness (QED) is 0.488. The molecule has 0 N–H and O–H groups in total. The van der Waals surface area contributed by atoms with Crippen LogP contribution in [0.5, 0.6) is 11.6 Å². The lowest BCUT2D eigenvalue weighted by Gasteiger charge is -2.07. The molecule has 0 aliphatic rings. The molecule has 0 fully saturated rings. The summed E-state index contributed by atoms with van der Waals surface area (Å²) in [5.74, 6) is 0.297. The molecule has 1 heterocycles. The summed E-state index contributed by atoms with van der Waals surface area (Å²) in [7, 11) is 0. The Hall–Kier alpha value is -2.47. The van der Waals surface area contributed by atoms with Crippen LogP contribution in [0.2, 0.25) is 5.02 Å². The van der Waals surface area contributed by atoms with Gasteiger partial charge in [-0.1, -0.05) is 11.6 Å². The molecule has 0 aliphatic heterocycles. The average molecular weight is 293 g/mol. The third-order valence-electron chi connectivity index (χ3n) is 2.48. The minimum atomic E-state index is -0.551. The van der Waals surface area contributed by atoms with Crippen molar-refractivity contribution in [2.24, 2.45) is 0 Å². The molecule has 20 heavy (non-hydrogen) atoms. The van der Waals surface area contributed by atoms with Gasteiger partial charge in [0.1, 0.15) is 5.75 Å². The molecule has 0 amide bonds. The number of ketones is 1. The van der Waals surface area contributed by atoms with Crippen LogP contribution in [0.15, 0.2) is 36.5 Å². The highest BCUT2D eigenvalue weighted by molar-refractivity contribution is 6.32. The van der Waals surface area contributed by atoms with Gasteiger partial charge in [0.15, 0.2) is 5.78 Å². The summed E-state index contributed by atoms with van der Waals surface area (Å²) in [6.07, 6.45) is 1.44. The molecule has 102 valence electrons. The number of benzene rings is 1. The number of hydrogen-bond acceptors (Lipinski definition) is 5. The summed E-state index contributed by atoms with van der Waals surface area (Å²) >= 11 is 5.90. The van der Waals surface area contributed by atoms with Crippen LogP contribution in [0.25, 0.3) is 0 Å². The van der Waals surface area contributed by atoms with Gasteiger partial charge >= 0.3 is 0 Å². The third kappa shape index (κ3) is 3.10. The predicted molar refractivity (Wildman–Crippen MR) is 72.4 cm³/mol. The lowest BCUT2D eigenvalue weighted by atomic mass is 10.2. The number of nitro benzene ring substituents is 1. The number of carbonyl (C=O) groups is 1. The zero-order valence-corrected chi connectivity index (χ0v) is 11.1. The van der Waals surface area contributed by atoms with Crippen molar-refractivity contribution in [1.29, 1.82) is 0 Å². The number of aromatic nitrogens is 1. The lowest BCUT2D eigenvalue weighted by molar-refractivity contribution is -0.384. The fraction of sp³-hybridized carbons (Fsp3) is 0.0769. The van der Waals surface area contributed by atoms with E-state index in [2.05, 4.69) is 4.98 Å². The van der Waals surface area contributed by atoms with E-state index in [0.29, 0.717) is 5.56 Å². The second kappa shape index (κ2) is 5.66. The number of hydrogen-bond donors (Lipinski definition) is 0. The maximum absolute atomic E-state index is 11.3. The topological polar surface area (TPSA) is 82.3 Å². The van der Waals surface area contributed by atoms with Crippen molar-refractivity contribution in [2.45, 2.75) is 6.92 Å². The van der Waals surface area contributed by atoms with Crippen LogP contribution in [-0.2, 0) is 0 Å². The van der Waals surface area contributed by atoms with E-state index >= 15 is 0 Å². The van der Waals surface area contributed by atoms with Gasteiger partial charge in [0, 0.05) is 30.0 Å². The number of nitrogens with zero attached hydrogens (tertiary/aromatic N) is 2. The Bertz CT molecular complexity index is 688. The second-order valence-electron chi connectivity index (χ2n) is 3.91. The molecule has 0 atom stereocenters. The number of ether oxygens (including phenoxy) is 1. The van der Waals surface area contributed by atoms with Crippen molar-refractivity contribution in [1.82, 2.24) is 4.98 Å². The molecule has 1 aromatic heterocycles. The molecular weight excluding hydrogens is 284 g/mol. The number of rotatable bonds is 4. The molecule has 2 aromatic rings. The first-order valence-corrected chi connectivity index (χ1v) is 5.94. The minimum absolute atomic E-state index is 0.0919. The highest BCUT2D eigenvalue weighted by Crippen LogP contribution is 2.31. The van der Waals surface area contributed by atoms with E-state index in [1.165, 1.54) is 37.4 Å². The zero-order valence-electron chi connectivity index (χ0n) is 10.4. The van der Waals surface area contributed by atoms with Crippen LogP contribution in [-0.4, -0.2) is 15.7 Å². The number of nitro groups is 1. The summed E-state index contributed by atoms with van der Waals surface area (Å²) in [5.41, 5.74) is 0.320. The van der Waals surface area contributed by atoms with Crippen molar-refractivity contribution in [3.8, 4) is 11.6 Å². The van der Waals surface area contributed by atoms with Crippen LogP contribution in [0, 0.1) is 10.1 Å². The number of pyridine rings is 1. The summed E-state index contributed by atoms with van der Waals surface area (Å²) in [5, 5.41) is 10.7. The molecular formula is C13H9ClN2O4.